The first-order chi connectivity index (χ1) is 8.56. The molecule has 2 rings (SSSR count). The van der Waals surface area contributed by atoms with E-state index in [9.17, 15) is 8.78 Å². The molecule has 0 heterocycles. The molecule has 5 heteroatoms. The van der Waals surface area contributed by atoms with Gasteiger partial charge in [-0.2, -0.15) is 0 Å². The van der Waals surface area contributed by atoms with E-state index in [2.05, 4.69) is 15.9 Å². The van der Waals surface area contributed by atoms with Crippen molar-refractivity contribution in [1.82, 2.24) is 0 Å². The fourth-order valence-electron chi connectivity index (χ4n) is 1.45. The third kappa shape index (κ3) is 3.23. The first kappa shape index (κ1) is 13.4. The highest BCUT2D eigenvalue weighted by Gasteiger charge is 2.06. The Morgan fingerprint density at radius 3 is 2.56 bits per heavy atom. The zero-order valence-electron chi connectivity index (χ0n) is 9.29. The average molecular weight is 330 g/mol. The number of nitrogens with two attached hydrogens (primary N) is 1. The lowest BCUT2D eigenvalue weighted by Gasteiger charge is -2.06. The molecule has 0 fully saturated rings. The molecular formula is C13H10BrF2NS. The van der Waals surface area contributed by atoms with Gasteiger partial charge in [0.2, 0.25) is 0 Å². The van der Waals surface area contributed by atoms with E-state index in [-0.39, 0.29) is 0 Å². The van der Waals surface area contributed by atoms with Crippen LogP contribution in [0.25, 0.3) is 0 Å². The second kappa shape index (κ2) is 5.71. The van der Waals surface area contributed by atoms with E-state index >= 15 is 0 Å². The lowest BCUT2D eigenvalue weighted by molar-refractivity contribution is 0.576. The highest BCUT2D eigenvalue weighted by atomic mass is 79.9. The molecule has 0 radical (unpaired) electrons. The second-order valence-electron chi connectivity index (χ2n) is 3.71. The quantitative estimate of drug-likeness (QED) is 0.657. The molecule has 0 aliphatic rings. The SMILES string of the molecule is Nc1cc(Br)ccc1SCc1ccc(F)cc1F. The fraction of sp³-hybridized carbons (Fsp3) is 0.0769. The first-order valence-corrected chi connectivity index (χ1v) is 6.96. The lowest BCUT2D eigenvalue weighted by atomic mass is 10.2. The number of rotatable bonds is 3. The molecule has 2 aromatic rings. The topological polar surface area (TPSA) is 26.0 Å². The van der Waals surface area contributed by atoms with E-state index in [0.717, 1.165) is 15.4 Å². The Morgan fingerprint density at radius 1 is 1.11 bits per heavy atom. The van der Waals surface area contributed by atoms with Gasteiger partial charge in [0.25, 0.3) is 0 Å². The predicted molar refractivity (Wildman–Crippen MR) is 74.5 cm³/mol. The summed E-state index contributed by atoms with van der Waals surface area (Å²) in [5, 5.41) is 0. The van der Waals surface area contributed by atoms with Crippen LogP contribution in [0.2, 0.25) is 0 Å². The zero-order chi connectivity index (χ0) is 13.1. The van der Waals surface area contributed by atoms with Crippen molar-refractivity contribution in [1.29, 1.82) is 0 Å². The Hall–Kier alpha value is -1.07. The maximum atomic E-state index is 13.4. The summed E-state index contributed by atoms with van der Waals surface area (Å²) in [7, 11) is 0. The number of thioether (sulfide) groups is 1. The number of nitrogen functional groups attached to an aromatic ring is 1. The molecule has 1 nitrogen and oxygen atoms in total. The van der Waals surface area contributed by atoms with E-state index in [1.165, 1.54) is 23.9 Å². The Bertz CT molecular complexity index is 523. The Morgan fingerprint density at radius 2 is 1.89 bits per heavy atom. The van der Waals surface area contributed by atoms with Crippen LogP contribution in [0.15, 0.2) is 45.8 Å². The molecule has 0 unspecified atom stereocenters. The summed E-state index contributed by atoms with van der Waals surface area (Å²) < 4.78 is 27.1. The van der Waals surface area contributed by atoms with Gasteiger partial charge >= 0.3 is 0 Å². The van der Waals surface area contributed by atoms with Crippen molar-refractivity contribution in [2.24, 2.45) is 0 Å². The van der Waals surface area contributed by atoms with Crippen LogP contribution < -0.4 is 5.73 Å². The fourth-order valence-corrected chi connectivity index (χ4v) is 2.76. The van der Waals surface area contributed by atoms with Crippen LogP contribution in [-0.4, -0.2) is 0 Å². The third-order valence-electron chi connectivity index (χ3n) is 2.37. The third-order valence-corrected chi connectivity index (χ3v) is 4.00. The molecule has 2 N–H and O–H groups in total. The molecule has 94 valence electrons. The normalized spacial score (nSPS) is 10.6. The minimum absolute atomic E-state index is 0.415. The van der Waals surface area contributed by atoms with Crippen LogP contribution in [0.5, 0.6) is 0 Å². The van der Waals surface area contributed by atoms with Crippen molar-refractivity contribution in [3.05, 3.63) is 58.1 Å². The number of benzene rings is 2. The van der Waals surface area contributed by atoms with Crippen LogP contribution in [0.4, 0.5) is 14.5 Å². The maximum absolute atomic E-state index is 13.4. The summed E-state index contributed by atoms with van der Waals surface area (Å²) in [5.74, 6) is -0.680. The van der Waals surface area contributed by atoms with Gasteiger partial charge in [-0.3, -0.25) is 0 Å². The van der Waals surface area contributed by atoms with Crippen LogP contribution in [0, 0.1) is 11.6 Å². The molecule has 0 aliphatic heterocycles. The van der Waals surface area contributed by atoms with Crippen LogP contribution >= 0.6 is 27.7 Å². The first-order valence-electron chi connectivity index (χ1n) is 5.18. The molecule has 0 aromatic heterocycles. The highest BCUT2D eigenvalue weighted by Crippen LogP contribution is 2.30. The number of hydrogen-bond acceptors (Lipinski definition) is 2. The predicted octanol–water partition coefficient (Wildman–Crippen LogP) is 4.60. The molecule has 18 heavy (non-hydrogen) atoms. The molecule has 2 aromatic carbocycles. The monoisotopic (exact) mass is 329 g/mol. The van der Waals surface area contributed by atoms with Gasteiger partial charge in [0, 0.05) is 26.9 Å². The minimum atomic E-state index is -0.565. The molecule has 0 atom stereocenters. The summed E-state index contributed by atoms with van der Waals surface area (Å²) in [6.45, 7) is 0. The van der Waals surface area contributed by atoms with Crippen LogP contribution in [-0.2, 0) is 5.75 Å². The van der Waals surface area contributed by atoms with E-state index in [1.54, 1.807) is 6.07 Å². The standard InChI is InChI=1S/C13H10BrF2NS/c14-9-2-4-13(12(17)5-9)18-7-8-1-3-10(15)6-11(8)16/h1-6H,7,17H2. The Balaban J connectivity index is 2.11. The number of halogens is 3. The molecule has 0 saturated heterocycles. The smallest absolute Gasteiger partial charge is 0.130 e. The van der Waals surface area contributed by atoms with Crippen molar-refractivity contribution in [3.63, 3.8) is 0 Å². The average Bonchev–Trinajstić information content (AvgIpc) is 2.30. The van der Waals surface area contributed by atoms with Crippen LogP contribution in [0.3, 0.4) is 0 Å². The van der Waals surface area contributed by atoms with Crippen molar-refractivity contribution < 1.29 is 8.78 Å². The van der Waals surface area contributed by atoms with Gasteiger partial charge in [-0.1, -0.05) is 22.0 Å². The summed E-state index contributed by atoms with van der Waals surface area (Å²) in [4.78, 5) is 0.877. The van der Waals surface area contributed by atoms with E-state index in [0.29, 0.717) is 17.0 Å². The van der Waals surface area contributed by atoms with Gasteiger partial charge in [-0.25, -0.2) is 8.78 Å². The molecular weight excluding hydrogens is 320 g/mol. The van der Waals surface area contributed by atoms with Crippen molar-refractivity contribution in [3.8, 4) is 0 Å². The summed E-state index contributed by atoms with van der Waals surface area (Å²) >= 11 is 4.74. The number of hydrogen-bond donors (Lipinski definition) is 1. The lowest BCUT2D eigenvalue weighted by Crippen LogP contribution is -1.91. The van der Waals surface area contributed by atoms with Gasteiger partial charge < -0.3 is 5.73 Å². The Labute approximate surface area is 117 Å². The van der Waals surface area contributed by atoms with Crippen molar-refractivity contribution >= 4 is 33.4 Å². The second-order valence-corrected chi connectivity index (χ2v) is 5.64. The minimum Gasteiger partial charge on any atom is -0.398 e. The molecule has 0 spiro atoms. The van der Waals surface area contributed by atoms with Gasteiger partial charge in [0.1, 0.15) is 11.6 Å². The Kier molecular flexibility index (Phi) is 4.24. The van der Waals surface area contributed by atoms with Crippen molar-refractivity contribution in [2.45, 2.75) is 10.6 Å². The molecule has 0 bridgehead atoms. The van der Waals surface area contributed by atoms with E-state index in [4.69, 9.17) is 5.73 Å². The summed E-state index contributed by atoms with van der Waals surface area (Å²) in [6, 6.07) is 9.13. The molecule has 0 saturated carbocycles. The summed E-state index contributed by atoms with van der Waals surface area (Å²) in [6.07, 6.45) is 0. The number of anilines is 1. The van der Waals surface area contributed by atoms with Gasteiger partial charge in [0.05, 0.1) is 0 Å². The highest BCUT2D eigenvalue weighted by molar-refractivity contribution is 9.10. The maximum Gasteiger partial charge on any atom is 0.130 e. The van der Waals surface area contributed by atoms with Gasteiger partial charge in [-0.15, -0.1) is 11.8 Å². The van der Waals surface area contributed by atoms with Gasteiger partial charge in [-0.05, 0) is 29.8 Å². The van der Waals surface area contributed by atoms with E-state index in [1.807, 2.05) is 12.1 Å². The molecule has 0 aliphatic carbocycles. The molecule has 0 amide bonds. The van der Waals surface area contributed by atoms with Crippen LogP contribution in [0.1, 0.15) is 5.56 Å². The summed E-state index contributed by atoms with van der Waals surface area (Å²) in [5.41, 5.74) is 6.94. The zero-order valence-corrected chi connectivity index (χ0v) is 11.7. The van der Waals surface area contributed by atoms with Gasteiger partial charge in [0.15, 0.2) is 0 Å². The van der Waals surface area contributed by atoms with E-state index < -0.39 is 11.6 Å². The largest absolute Gasteiger partial charge is 0.398 e. The van der Waals surface area contributed by atoms with Crippen molar-refractivity contribution in [2.75, 3.05) is 5.73 Å².